The van der Waals surface area contributed by atoms with Gasteiger partial charge in [-0.15, -0.1) is 0 Å². The summed E-state index contributed by atoms with van der Waals surface area (Å²) in [6.07, 6.45) is 0. The van der Waals surface area contributed by atoms with Crippen molar-refractivity contribution in [1.82, 2.24) is 0 Å². The Labute approximate surface area is 146 Å². The maximum atomic E-state index is 13.3. The van der Waals surface area contributed by atoms with E-state index in [4.69, 9.17) is 0 Å². The van der Waals surface area contributed by atoms with Crippen molar-refractivity contribution in [1.29, 1.82) is 0 Å². The SMILES string of the molecule is Fc1ccc([C]([Sn])(c2ccc(F)cc2)c2ccc(F)cc2)cc1. The summed E-state index contributed by atoms with van der Waals surface area (Å²) in [5.41, 5.74) is 2.65. The van der Waals surface area contributed by atoms with E-state index in [0.29, 0.717) is 0 Å². The molecule has 23 heavy (non-hydrogen) atoms. The molecule has 0 bridgehead atoms. The summed E-state index contributed by atoms with van der Waals surface area (Å²) in [6, 6.07) is 18.7. The zero-order valence-electron chi connectivity index (χ0n) is 12.1. The number of hydrogen-bond donors (Lipinski definition) is 0. The molecule has 0 amide bonds. The molecule has 0 unspecified atom stereocenters. The second-order valence-corrected chi connectivity index (χ2v) is 7.41. The van der Waals surface area contributed by atoms with Gasteiger partial charge in [0.15, 0.2) is 0 Å². The predicted octanol–water partition coefficient (Wildman–Crippen LogP) is 4.56. The van der Waals surface area contributed by atoms with Crippen LogP contribution in [-0.4, -0.2) is 22.5 Å². The van der Waals surface area contributed by atoms with Crippen molar-refractivity contribution < 1.29 is 13.2 Å². The van der Waals surface area contributed by atoms with Crippen LogP contribution >= 0.6 is 0 Å². The van der Waals surface area contributed by atoms with Crippen molar-refractivity contribution in [3.8, 4) is 0 Å². The third-order valence-electron chi connectivity index (χ3n) is 3.83. The first-order valence-corrected chi connectivity index (χ1v) is 8.46. The second kappa shape index (κ2) is 6.40. The fraction of sp³-hybridized carbons (Fsp3) is 0.0526. The third-order valence-corrected chi connectivity index (χ3v) is 6.30. The first kappa shape index (κ1) is 16.1. The molecule has 0 nitrogen and oxygen atoms in total. The molecular formula is C19H12F3Sn. The van der Waals surface area contributed by atoms with Crippen LogP contribution in [0.1, 0.15) is 16.7 Å². The molecule has 0 atom stereocenters. The van der Waals surface area contributed by atoms with Crippen molar-refractivity contribution in [3.63, 3.8) is 0 Å². The van der Waals surface area contributed by atoms with Gasteiger partial charge in [-0.3, -0.25) is 0 Å². The molecular weight excluding hydrogens is 404 g/mol. The van der Waals surface area contributed by atoms with Crippen molar-refractivity contribution in [2.45, 2.75) is 3.43 Å². The van der Waals surface area contributed by atoms with Gasteiger partial charge in [-0.25, -0.2) is 0 Å². The Bertz CT molecular complexity index is 683. The molecule has 0 fully saturated rings. The molecule has 0 aliphatic rings. The normalized spacial score (nSPS) is 11.5. The first-order chi connectivity index (χ1) is 11.0. The van der Waals surface area contributed by atoms with Gasteiger partial charge in [0.25, 0.3) is 0 Å². The summed E-state index contributed by atoms with van der Waals surface area (Å²) in [5.74, 6) is -0.944. The van der Waals surface area contributed by atoms with Crippen molar-refractivity contribution >= 4 is 22.5 Å². The molecule has 3 radical (unpaired) electrons. The molecule has 0 spiro atoms. The summed E-state index contributed by atoms with van der Waals surface area (Å²) in [7, 11) is 0. The fourth-order valence-corrected chi connectivity index (χ4v) is 4.03. The molecule has 4 heteroatoms. The van der Waals surface area contributed by atoms with E-state index in [1.807, 2.05) is 0 Å². The van der Waals surface area contributed by atoms with E-state index in [1.54, 1.807) is 36.4 Å². The molecule has 113 valence electrons. The Morgan fingerprint density at radius 1 is 0.478 bits per heavy atom. The molecule has 3 aromatic carbocycles. The zero-order chi connectivity index (χ0) is 16.4. The van der Waals surface area contributed by atoms with Gasteiger partial charge in [-0.05, 0) is 0 Å². The van der Waals surface area contributed by atoms with Crippen LogP contribution in [0.4, 0.5) is 13.2 Å². The Hall–Kier alpha value is -1.75. The monoisotopic (exact) mass is 417 g/mol. The number of rotatable bonds is 3. The van der Waals surface area contributed by atoms with E-state index in [-0.39, 0.29) is 17.5 Å². The van der Waals surface area contributed by atoms with Crippen molar-refractivity contribution in [2.75, 3.05) is 0 Å². The van der Waals surface area contributed by atoms with Crippen molar-refractivity contribution in [2.24, 2.45) is 0 Å². The minimum atomic E-state index is -0.554. The number of benzene rings is 3. The molecule has 0 N–H and O–H groups in total. The minimum absolute atomic E-state index is 0.315. The number of hydrogen-bond acceptors (Lipinski definition) is 0. The summed E-state index contributed by atoms with van der Waals surface area (Å²) < 4.78 is 39.3. The zero-order valence-corrected chi connectivity index (χ0v) is 14.9. The molecule has 0 aliphatic carbocycles. The molecule has 0 saturated heterocycles. The Morgan fingerprint density at radius 3 is 0.913 bits per heavy atom. The van der Waals surface area contributed by atoms with Gasteiger partial charge in [0, 0.05) is 0 Å². The van der Waals surface area contributed by atoms with Crippen molar-refractivity contribution in [3.05, 3.63) is 107 Å². The van der Waals surface area contributed by atoms with E-state index in [9.17, 15) is 13.2 Å². The Balaban J connectivity index is 2.21. The van der Waals surface area contributed by atoms with E-state index < -0.39 is 3.43 Å². The van der Waals surface area contributed by atoms with Gasteiger partial charge < -0.3 is 0 Å². The van der Waals surface area contributed by atoms with Gasteiger partial charge in [-0.1, -0.05) is 0 Å². The average molecular weight is 416 g/mol. The van der Waals surface area contributed by atoms with Crippen LogP contribution in [0.25, 0.3) is 0 Å². The Morgan fingerprint density at radius 2 is 0.696 bits per heavy atom. The molecule has 3 aromatic rings. The van der Waals surface area contributed by atoms with Gasteiger partial charge >= 0.3 is 146 Å². The van der Waals surface area contributed by atoms with E-state index in [2.05, 4.69) is 0 Å². The van der Waals surface area contributed by atoms with Gasteiger partial charge in [0.1, 0.15) is 0 Å². The fourth-order valence-electron chi connectivity index (χ4n) is 2.60. The van der Waals surface area contributed by atoms with Gasteiger partial charge in [-0.2, -0.15) is 0 Å². The quantitative estimate of drug-likeness (QED) is 0.434. The Kier molecular flexibility index (Phi) is 4.48. The average Bonchev–Trinajstić information content (AvgIpc) is 2.56. The standard InChI is InChI=1S/C19H12F3.Sn/c20-16-7-1-13(2-8-16)19(14-3-9-17(21)10-4-14)15-5-11-18(22)12-6-15;/h1-12H;. The summed E-state index contributed by atoms with van der Waals surface area (Å²) in [6.45, 7) is 0. The molecule has 0 saturated carbocycles. The molecule has 3 rings (SSSR count). The van der Waals surface area contributed by atoms with E-state index in [0.717, 1.165) is 39.2 Å². The molecule has 0 heterocycles. The summed E-state index contributed by atoms with van der Waals surface area (Å²) in [5, 5.41) is 0. The van der Waals surface area contributed by atoms with Gasteiger partial charge in [0.2, 0.25) is 0 Å². The molecule has 0 aliphatic heterocycles. The predicted molar refractivity (Wildman–Crippen MR) is 84.8 cm³/mol. The van der Waals surface area contributed by atoms with Crippen LogP contribution in [0, 0.1) is 17.5 Å². The van der Waals surface area contributed by atoms with Crippen LogP contribution < -0.4 is 0 Å². The van der Waals surface area contributed by atoms with Crippen LogP contribution in [0.15, 0.2) is 72.8 Å². The van der Waals surface area contributed by atoms with Crippen LogP contribution in [-0.2, 0) is 3.43 Å². The maximum absolute atomic E-state index is 13.3. The van der Waals surface area contributed by atoms with Crippen LogP contribution in [0.3, 0.4) is 0 Å². The number of halogens is 3. The molecule has 0 aromatic heterocycles. The van der Waals surface area contributed by atoms with Crippen LogP contribution in [0.5, 0.6) is 0 Å². The van der Waals surface area contributed by atoms with Gasteiger partial charge in [0.05, 0.1) is 0 Å². The van der Waals surface area contributed by atoms with Crippen LogP contribution in [0.2, 0.25) is 0 Å². The third kappa shape index (κ3) is 3.15. The second-order valence-electron chi connectivity index (χ2n) is 5.27. The first-order valence-electron chi connectivity index (χ1n) is 7.03. The summed E-state index contributed by atoms with van der Waals surface area (Å²) in [4.78, 5) is 0. The van der Waals surface area contributed by atoms with E-state index in [1.165, 1.54) is 36.4 Å². The summed E-state index contributed by atoms with van der Waals surface area (Å²) >= 11 is 1.12. The van der Waals surface area contributed by atoms with E-state index >= 15 is 0 Å². The topological polar surface area (TPSA) is 0 Å².